The van der Waals surface area contributed by atoms with Gasteiger partial charge in [-0.2, -0.15) is 13.2 Å². The predicted molar refractivity (Wildman–Crippen MR) is 211 cm³/mol. The number of carbonyl (C=O) groups excluding carboxylic acids is 2. The first-order chi connectivity index (χ1) is 27.5. The number of aromatic nitrogens is 1. The van der Waals surface area contributed by atoms with Crippen molar-refractivity contribution in [2.45, 2.75) is 51.0 Å². The summed E-state index contributed by atoms with van der Waals surface area (Å²) in [6, 6.07) is 24.2. The van der Waals surface area contributed by atoms with Crippen LogP contribution in [0.25, 0.3) is 11.3 Å². The molecular formula is C44H42ClF3N4O5. The van der Waals surface area contributed by atoms with Crippen molar-refractivity contribution in [2.24, 2.45) is 0 Å². The number of alkyl halides is 3. The van der Waals surface area contributed by atoms with Crippen LogP contribution in [0.1, 0.15) is 55.9 Å². The molecule has 8 rings (SSSR count). The Bertz CT molecular complexity index is 2300. The zero-order valence-corrected chi connectivity index (χ0v) is 32.2. The summed E-state index contributed by atoms with van der Waals surface area (Å²) in [6.07, 6.45) is -1.90. The average molecular weight is 799 g/mol. The summed E-state index contributed by atoms with van der Waals surface area (Å²) in [5, 5.41) is 10.5. The second-order valence-corrected chi connectivity index (χ2v) is 15.1. The number of amides is 2. The van der Waals surface area contributed by atoms with Gasteiger partial charge in [-0.25, -0.2) is 0 Å². The van der Waals surface area contributed by atoms with E-state index in [2.05, 4.69) is 17.0 Å². The van der Waals surface area contributed by atoms with Crippen LogP contribution in [0.5, 0.6) is 11.5 Å². The Hall–Kier alpha value is -5.30. The molecule has 57 heavy (non-hydrogen) atoms. The molecule has 2 amide bonds. The van der Waals surface area contributed by atoms with Gasteiger partial charge in [-0.3, -0.25) is 19.4 Å². The lowest BCUT2D eigenvalue weighted by molar-refractivity contribution is -0.138. The van der Waals surface area contributed by atoms with E-state index in [9.17, 15) is 27.9 Å². The molecule has 5 aromatic rings. The number of phenolic OH excluding ortho intramolecular Hbond substituents is 1. The summed E-state index contributed by atoms with van der Waals surface area (Å²) in [5.74, 6) is -1.17. The highest BCUT2D eigenvalue weighted by Gasteiger charge is 2.37. The standard InChI is InChI=1S/C44H42ClF3N4O5/c1-56-41-16-12-32(24-38(41)44(46,47)48)52(31-10-13-34(53)14-11-31)43(55)37-25-40(50-17-5-4-8-39(37)50)36-23-30(45)9-15-35(36)42(54)51-26-29-7-3-2-6-28(29)22-33(51)27-49-18-20-57-21-19-49/h2-3,6-7,9-16,23-25,33,53H,4-5,8,17-22,26-27H2,1H3/t33-/m0/s1. The second kappa shape index (κ2) is 15.9. The van der Waals surface area contributed by atoms with E-state index in [1.54, 1.807) is 24.3 Å². The fourth-order valence-corrected chi connectivity index (χ4v) is 8.56. The fraction of sp³-hybridized carbons (Fsp3) is 0.318. The van der Waals surface area contributed by atoms with E-state index in [1.807, 2.05) is 21.6 Å². The van der Waals surface area contributed by atoms with Crippen molar-refractivity contribution in [1.29, 1.82) is 0 Å². The molecule has 0 bridgehead atoms. The number of morpholine rings is 1. The van der Waals surface area contributed by atoms with Gasteiger partial charge in [-0.05, 0) is 104 Å². The highest BCUT2D eigenvalue weighted by molar-refractivity contribution is 6.31. The van der Waals surface area contributed by atoms with Gasteiger partial charge in [-0.1, -0.05) is 35.9 Å². The number of ether oxygens (including phenoxy) is 2. The number of phenols is 1. The Morgan fingerprint density at radius 1 is 0.895 bits per heavy atom. The minimum absolute atomic E-state index is 0.0357. The SMILES string of the molecule is COc1ccc(N(C(=O)c2cc(-c3cc(Cl)ccc3C(=O)N3Cc4ccccc4C[C@H]3CN3CCOCC3)n3c2CCCC3)c2ccc(O)cc2)cc1C(F)(F)F. The third kappa shape index (κ3) is 7.73. The van der Waals surface area contributed by atoms with Gasteiger partial charge in [0.05, 0.1) is 37.1 Å². The minimum atomic E-state index is -4.76. The number of anilines is 2. The molecule has 4 aromatic carbocycles. The lowest BCUT2D eigenvalue weighted by Gasteiger charge is -2.40. The van der Waals surface area contributed by atoms with Gasteiger partial charge in [0.2, 0.25) is 0 Å². The Kier molecular flexibility index (Phi) is 10.8. The molecule has 4 heterocycles. The molecule has 0 unspecified atom stereocenters. The van der Waals surface area contributed by atoms with Crippen LogP contribution >= 0.6 is 11.6 Å². The molecular weight excluding hydrogens is 757 g/mol. The maximum absolute atomic E-state index is 15.0. The molecule has 0 spiro atoms. The molecule has 3 aliphatic rings. The first-order valence-corrected chi connectivity index (χ1v) is 19.5. The Morgan fingerprint density at radius 3 is 2.37 bits per heavy atom. The zero-order chi connectivity index (χ0) is 39.8. The number of halogens is 4. The zero-order valence-electron chi connectivity index (χ0n) is 31.4. The number of aromatic hydroxyl groups is 1. The number of hydrogen-bond donors (Lipinski definition) is 1. The average Bonchev–Trinajstić information content (AvgIpc) is 3.61. The Balaban J connectivity index is 1.22. The minimum Gasteiger partial charge on any atom is -0.508 e. The van der Waals surface area contributed by atoms with Crippen molar-refractivity contribution < 1.29 is 37.3 Å². The first-order valence-electron chi connectivity index (χ1n) is 19.1. The molecule has 0 radical (unpaired) electrons. The van der Waals surface area contributed by atoms with Gasteiger partial charge >= 0.3 is 6.18 Å². The van der Waals surface area contributed by atoms with Crippen LogP contribution in [0, 0.1) is 0 Å². The third-order valence-electron chi connectivity index (χ3n) is 11.2. The van der Waals surface area contributed by atoms with Crippen LogP contribution in [0.2, 0.25) is 5.02 Å². The van der Waals surface area contributed by atoms with Gasteiger partial charge in [-0.15, -0.1) is 0 Å². The number of rotatable bonds is 8. The smallest absolute Gasteiger partial charge is 0.420 e. The molecule has 13 heteroatoms. The summed E-state index contributed by atoms with van der Waals surface area (Å²) in [4.78, 5) is 35.5. The first kappa shape index (κ1) is 38.6. The van der Waals surface area contributed by atoms with E-state index in [1.165, 1.54) is 46.9 Å². The van der Waals surface area contributed by atoms with E-state index in [0.717, 1.165) is 44.7 Å². The van der Waals surface area contributed by atoms with Crippen LogP contribution in [0.3, 0.4) is 0 Å². The van der Waals surface area contributed by atoms with Gasteiger partial charge in [0.1, 0.15) is 11.5 Å². The summed E-state index contributed by atoms with van der Waals surface area (Å²) in [5.41, 5.74) is 4.13. The van der Waals surface area contributed by atoms with Gasteiger partial charge in [0, 0.05) is 72.0 Å². The van der Waals surface area contributed by atoms with Gasteiger partial charge < -0.3 is 24.0 Å². The van der Waals surface area contributed by atoms with Crippen LogP contribution < -0.4 is 9.64 Å². The number of carbonyl (C=O) groups is 2. The van der Waals surface area contributed by atoms with Crippen molar-refractivity contribution in [3.63, 3.8) is 0 Å². The summed E-state index contributed by atoms with van der Waals surface area (Å²) < 4.78 is 55.6. The number of fused-ring (bicyclic) bond motifs is 2. The van der Waals surface area contributed by atoms with Crippen molar-refractivity contribution >= 4 is 34.8 Å². The summed E-state index contributed by atoms with van der Waals surface area (Å²) >= 11 is 6.68. The van der Waals surface area contributed by atoms with Gasteiger partial charge in [0.15, 0.2) is 0 Å². The molecule has 296 valence electrons. The normalized spacial score (nSPS) is 17.1. The summed E-state index contributed by atoms with van der Waals surface area (Å²) in [7, 11) is 1.16. The van der Waals surface area contributed by atoms with Crippen LogP contribution in [0.15, 0.2) is 91.0 Å². The van der Waals surface area contributed by atoms with Crippen molar-refractivity contribution in [3.05, 3.63) is 130 Å². The van der Waals surface area contributed by atoms with E-state index in [4.69, 9.17) is 21.1 Å². The quantitative estimate of drug-likeness (QED) is 0.169. The lowest BCUT2D eigenvalue weighted by Crippen LogP contribution is -2.52. The number of methoxy groups -OCH3 is 1. The maximum atomic E-state index is 15.0. The molecule has 1 fully saturated rings. The van der Waals surface area contributed by atoms with Crippen molar-refractivity contribution in [3.8, 4) is 22.8 Å². The molecule has 1 atom stereocenters. The van der Waals surface area contributed by atoms with Gasteiger partial charge in [0.25, 0.3) is 11.8 Å². The van der Waals surface area contributed by atoms with E-state index >= 15 is 0 Å². The third-order valence-corrected chi connectivity index (χ3v) is 11.5. The number of benzene rings is 4. The number of hydrogen-bond acceptors (Lipinski definition) is 6. The second-order valence-electron chi connectivity index (χ2n) is 14.7. The molecule has 0 aliphatic carbocycles. The fourth-order valence-electron chi connectivity index (χ4n) is 8.39. The monoisotopic (exact) mass is 798 g/mol. The van der Waals surface area contributed by atoms with Crippen molar-refractivity contribution in [1.82, 2.24) is 14.4 Å². The van der Waals surface area contributed by atoms with E-state index in [-0.39, 0.29) is 40.4 Å². The van der Waals surface area contributed by atoms with Crippen LogP contribution in [-0.2, 0) is 36.8 Å². The van der Waals surface area contributed by atoms with Crippen LogP contribution in [0.4, 0.5) is 24.5 Å². The lowest BCUT2D eigenvalue weighted by atomic mass is 9.92. The predicted octanol–water partition coefficient (Wildman–Crippen LogP) is 8.76. The maximum Gasteiger partial charge on any atom is 0.420 e. The molecule has 1 N–H and O–H groups in total. The molecule has 1 saturated heterocycles. The molecule has 1 aromatic heterocycles. The highest BCUT2D eigenvalue weighted by Crippen LogP contribution is 2.42. The summed E-state index contributed by atoms with van der Waals surface area (Å²) in [6.45, 7) is 4.56. The molecule has 3 aliphatic heterocycles. The van der Waals surface area contributed by atoms with E-state index < -0.39 is 17.6 Å². The largest absolute Gasteiger partial charge is 0.508 e. The van der Waals surface area contributed by atoms with Crippen LogP contribution in [-0.4, -0.2) is 77.3 Å². The topological polar surface area (TPSA) is 87.5 Å². The Morgan fingerprint density at radius 2 is 1.63 bits per heavy atom. The number of nitrogens with zero attached hydrogens (tertiary/aromatic N) is 4. The molecule has 0 saturated carbocycles. The highest BCUT2D eigenvalue weighted by atomic mass is 35.5. The van der Waals surface area contributed by atoms with E-state index in [0.29, 0.717) is 73.2 Å². The Labute approximate surface area is 333 Å². The van der Waals surface area contributed by atoms with Crippen molar-refractivity contribution in [2.75, 3.05) is 44.9 Å². The molecule has 9 nitrogen and oxygen atoms in total.